The van der Waals surface area contributed by atoms with Crippen LogP contribution in [0.3, 0.4) is 0 Å². The molecule has 0 saturated heterocycles. The minimum absolute atomic E-state index is 0.0753. The molecule has 0 atom stereocenters. The van der Waals surface area contributed by atoms with Crippen LogP contribution in [0, 0.1) is 0 Å². The topological polar surface area (TPSA) is 70.6 Å². The Bertz CT molecular complexity index is 357. The molecule has 0 saturated carbocycles. The van der Waals surface area contributed by atoms with Crippen molar-refractivity contribution < 1.29 is 5.21 Å². The summed E-state index contributed by atoms with van der Waals surface area (Å²) in [6, 6.07) is 3.66. The third-order valence-electron chi connectivity index (χ3n) is 1.33. The van der Waals surface area contributed by atoms with Crippen LogP contribution in [-0.2, 0) is 0 Å². The quantitative estimate of drug-likeness (QED) is 0.394. The first-order valence-corrected chi connectivity index (χ1v) is 5.81. The molecule has 0 fully saturated rings. The number of benzene rings is 1. The Morgan fingerprint density at radius 1 is 1.29 bits per heavy atom. The number of rotatable bonds is 1. The van der Waals surface area contributed by atoms with Crippen LogP contribution in [0.4, 0.5) is 5.69 Å². The number of nitrogens with zero attached hydrogens (tertiary/aromatic N) is 1. The van der Waals surface area contributed by atoms with E-state index in [1.54, 1.807) is 5.48 Å². The normalized spacial score (nSPS) is 11.6. The fourth-order valence-electron chi connectivity index (χ4n) is 0.787. The van der Waals surface area contributed by atoms with Gasteiger partial charge in [-0.3, -0.25) is 5.21 Å². The summed E-state index contributed by atoms with van der Waals surface area (Å²) in [5.41, 5.74) is 7.68. The van der Waals surface area contributed by atoms with Crippen LogP contribution in [0.1, 0.15) is 0 Å². The van der Waals surface area contributed by atoms with Crippen molar-refractivity contribution in [1.29, 1.82) is 0 Å². The van der Waals surface area contributed by atoms with E-state index in [1.807, 2.05) is 12.1 Å². The molecule has 14 heavy (non-hydrogen) atoms. The summed E-state index contributed by atoms with van der Waals surface area (Å²) in [5, 5.41) is 8.49. The van der Waals surface area contributed by atoms with Crippen LogP contribution in [0.5, 0.6) is 0 Å². The lowest BCUT2D eigenvalue weighted by atomic mass is 10.3. The molecule has 0 spiro atoms. The van der Waals surface area contributed by atoms with E-state index in [1.165, 1.54) is 0 Å². The molecule has 0 unspecified atom stereocenters. The van der Waals surface area contributed by atoms with E-state index in [0.29, 0.717) is 5.69 Å². The summed E-state index contributed by atoms with van der Waals surface area (Å²) >= 11 is 9.97. The van der Waals surface area contributed by atoms with E-state index in [2.05, 4.69) is 52.8 Å². The van der Waals surface area contributed by atoms with E-state index in [0.717, 1.165) is 13.4 Å². The largest absolute Gasteiger partial charge is 0.368 e. The van der Waals surface area contributed by atoms with Gasteiger partial charge in [0.05, 0.1) is 5.69 Å². The van der Waals surface area contributed by atoms with Crippen molar-refractivity contribution in [2.45, 2.75) is 0 Å². The fraction of sp³-hybridized carbons (Fsp3) is 0. The Hall–Kier alpha value is -0.110. The predicted molar refractivity (Wildman–Crippen MR) is 65.7 cm³/mol. The molecule has 4 nitrogen and oxygen atoms in total. The Labute approximate surface area is 106 Å². The Morgan fingerprint density at radius 3 is 2.21 bits per heavy atom. The van der Waals surface area contributed by atoms with Gasteiger partial charge in [-0.05, 0) is 44.0 Å². The standard InChI is InChI=1S/C7H6Br3N3O/c8-3-1-4(9)6(5(10)2-3)12-7(11)13-14/h1-2,14H,(H3,11,12,13). The smallest absolute Gasteiger partial charge is 0.218 e. The molecule has 0 bridgehead atoms. The molecule has 0 aliphatic carbocycles. The van der Waals surface area contributed by atoms with Crippen molar-refractivity contribution in [3.63, 3.8) is 0 Å². The van der Waals surface area contributed by atoms with Gasteiger partial charge in [0.25, 0.3) is 0 Å². The van der Waals surface area contributed by atoms with Crippen LogP contribution >= 0.6 is 47.8 Å². The van der Waals surface area contributed by atoms with Gasteiger partial charge in [0, 0.05) is 13.4 Å². The van der Waals surface area contributed by atoms with E-state index in [4.69, 9.17) is 10.9 Å². The van der Waals surface area contributed by atoms with Crippen LogP contribution in [0.25, 0.3) is 0 Å². The van der Waals surface area contributed by atoms with Crippen LogP contribution in [0.2, 0.25) is 0 Å². The van der Waals surface area contributed by atoms with Crippen LogP contribution in [0.15, 0.2) is 30.5 Å². The zero-order valence-corrected chi connectivity index (χ0v) is 11.5. The van der Waals surface area contributed by atoms with E-state index in [-0.39, 0.29) is 5.96 Å². The number of nitrogens with two attached hydrogens (primary N) is 1. The van der Waals surface area contributed by atoms with Gasteiger partial charge >= 0.3 is 0 Å². The van der Waals surface area contributed by atoms with Gasteiger partial charge in [0.1, 0.15) is 0 Å². The zero-order valence-electron chi connectivity index (χ0n) is 6.76. The maximum Gasteiger partial charge on any atom is 0.218 e. The number of hydrogen-bond donors (Lipinski definition) is 3. The summed E-state index contributed by atoms with van der Waals surface area (Å²) in [7, 11) is 0. The van der Waals surface area contributed by atoms with Gasteiger partial charge in [-0.15, -0.1) is 0 Å². The zero-order chi connectivity index (χ0) is 10.7. The lowest BCUT2D eigenvalue weighted by Crippen LogP contribution is -2.27. The minimum Gasteiger partial charge on any atom is -0.368 e. The number of hydrogen-bond acceptors (Lipinski definition) is 2. The average Bonchev–Trinajstić information content (AvgIpc) is 2.10. The van der Waals surface area contributed by atoms with Gasteiger partial charge < -0.3 is 5.73 Å². The summed E-state index contributed by atoms with van der Waals surface area (Å²) < 4.78 is 2.43. The van der Waals surface area contributed by atoms with Gasteiger partial charge in [-0.25, -0.2) is 10.5 Å². The molecule has 1 rings (SSSR count). The highest BCUT2D eigenvalue weighted by Crippen LogP contribution is 2.36. The number of nitrogens with one attached hydrogen (secondary N) is 1. The van der Waals surface area contributed by atoms with Crippen molar-refractivity contribution >= 4 is 59.4 Å². The van der Waals surface area contributed by atoms with Crippen molar-refractivity contribution in [3.05, 3.63) is 25.6 Å². The molecule has 0 aliphatic heterocycles. The van der Waals surface area contributed by atoms with Crippen molar-refractivity contribution in [2.75, 3.05) is 0 Å². The SMILES string of the molecule is NC(=Nc1c(Br)cc(Br)cc1Br)NO. The molecule has 7 heteroatoms. The molecular formula is C7H6Br3N3O. The summed E-state index contributed by atoms with van der Waals surface area (Å²) in [4.78, 5) is 3.94. The number of hydroxylamine groups is 1. The first kappa shape index (κ1) is 12.0. The third kappa shape index (κ3) is 2.94. The lowest BCUT2D eigenvalue weighted by molar-refractivity contribution is 0.233. The second kappa shape index (κ2) is 5.11. The Balaban J connectivity index is 3.21. The molecule has 4 N–H and O–H groups in total. The number of aliphatic imine (C=N–C) groups is 1. The fourth-order valence-corrected chi connectivity index (χ4v) is 3.22. The van der Waals surface area contributed by atoms with Crippen LogP contribution in [-0.4, -0.2) is 11.2 Å². The number of halogens is 3. The summed E-state index contributed by atoms with van der Waals surface area (Å²) in [6.45, 7) is 0. The molecule has 1 aromatic carbocycles. The van der Waals surface area contributed by atoms with E-state index in [9.17, 15) is 0 Å². The average molecular weight is 388 g/mol. The molecule has 76 valence electrons. The molecule has 1 aromatic rings. The second-order valence-corrected chi connectivity index (χ2v) is 4.95. The Kier molecular flexibility index (Phi) is 4.36. The number of guanidine groups is 1. The monoisotopic (exact) mass is 385 g/mol. The predicted octanol–water partition coefficient (Wildman–Crippen LogP) is 2.90. The maximum absolute atomic E-state index is 8.49. The van der Waals surface area contributed by atoms with Gasteiger partial charge in [0.15, 0.2) is 0 Å². The Morgan fingerprint density at radius 2 is 1.79 bits per heavy atom. The molecule has 0 heterocycles. The highest BCUT2D eigenvalue weighted by atomic mass is 79.9. The van der Waals surface area contributed by atoms with Gasteiger partial charge in [0.2, 0.25) is 5.96 Å². The highest BCUT2D eigenvalue weighted by Gasteiger charge is 2.06. The van der Waals surface area contributed by atoms with Crippen molar-refractivity contribution in [2.24, 2.45) is 10.7 Å². The second-order valence-electron chi connectivity index (χ2n) is 2.33. The third-order valence-corrected chi connectivity index (χ3v) is 3.00. The van der Waals surface area contributed by atoms with Gasteiger partial charge in [-0.1, -0.05) is 15.9 Å². The minimum atomic E-state index is -0.0753. The van der Waals surface area contributed by atoms with E-state index < -0.39 is 0 Å². The first-order valence-electron chi connectivity index (χ1n) is 3.43. The van der Waals surface area contributed by atoms with Crippen LogP contribution < -0.4 is 11.2 Å². The molecular weight excluding hydrogens is 382 g/mol. The van der Waals surface area contributed by atoms with Gasteiger partial charge in [-0.2, -0.15) is 0 Å². The van der Waals surface area contributed by atoms with Crippen molar-refractivity contribution in [1.82, 2.24) is 5.48 Å². The first-order chi connectivity index (χ1) is 6.54. The highest BCUT2D eigenvalue weighted by molar-refractivity contribution is 9.11. The molecule has 0 amide bonds. The summed E-state index contributed by atoms with van der Waals surface area (Å²) in [6.07, 6.45) is 0. The maximum atomic E-state index is 8.49. The molecule has 0 radical (unpaired) electrons. The lowest BCUT2D eigenvalue weighted by Gasteiger charge is -2.04. The van der Waals surface area contributed by atoms with Crippen molar-refractivity contribution in [3.8, 4) is 0 Å². The summed E-state index contributed by atoms with van der Waals surface area (Å²) in [5.74, 6) is -0.0753. The molecule has 0 aliphatic rings. The molecule has 0 aromatic heterocycles. The van der Waals surface area contributed by atoms with E-state index >= 15 is 0 Å².